The van der Waals surface area contributed by atoms with Crippen molar-refractivity contribution in [2.24, 2.45) is 0 Å². The minimum Gasteiger partial charge on any atom is -0.491 e. The van der Waals surface area contributed by atoms with Gasteiger partial charge in [-0.25, -0.2) is 4.98 Å². The van der Waals surface area contributed by atoms with E-state index in [4.69, 9.17) is 9.15 Å². The molecule has 0 atom stereocenters. The van der Waals surface area contributed by atoms with Crippen molar-refractivity contribution in [3.63, 3.8) is 0 Å². The third-order valence-corrected chi connectivity index (χ3v) is 5.49. The molecule has 6 heteroatoms. The largest absolute Gasteiger partial charge is 0.491 e. The highest BCUT2D eigenvalue weighted by molar-refractivity contribution is 9.10. The molecule has 0 spiro atoms. The van der Waals surface area contributed by atoms with Crippen molar-refractivity contribution >= 4 is 32.7 Å². The van der Waals surface area contributed by atoms with Gasteiger partial charge < -0.3 is 19.6 Å². The predicted molar refractivity (Wildman–Crippen MR) is 128 cm³/mol. The van der Waals surface area contributed by atoms with Gasteiger partial charge in [-0.3, -0.25) is 0 Å². The first-order chi connectivity index (χ1) is 14.8. The summed E-state index contributed by atoms with van der Waals surface area (Å²) in [6, 6.07) is 19.7. The lowest BCUT2D eigenvalue weighted by Gasteiger charge is -2.17. The first-order valence-corrected chi connectivity index (χ1v) is 11.0. The molecular weight excluding hydrogens is 456 g/mol. The van der Waals surface area contributed by atoms with Gasteiger partial charge in [0, 0.05) is 27.8 Å². The highest BCUT2D eigenvalue weighted by Gasteiger charge is 2.23. The summed E-state index contributed by atoms with van der Waals surface area (Å²) in [6.07, 6.45) is 0. The van der Waals surface area contributed by atoms with E-state index in [9.17, 15) is 5.11 Å². The molecule has 0 aliphatic carbocycles. The van der Waals surface area contributed by atoms with Crippen LogP contribution in [0.15, 0.2) is 69.6 Å². The summed E-state index contributed by atoms with van der Waals surface area (Å²) in [5.41, 5.74) is 3.96. The molecule has 2 N–H and O–H groups in total. The van der Waals surface area contributed by atoms with Crippen LogP contribution >= 0.6 is 15.9 Å². The zero-order valence-corrected chi connectivity index (χ0v) is 19.4. The molecular formula is C25H25BrN2O3. The van der Waals surface area contributed by atoms with E-state index in [1.165, 1.54) is 0 Å². The maximum Gasteiger partial charge on any atom is 0.227 e. The monoisotopic (exact) mass is 480 g/mol. The Balaban J connectivity index is 1.44. The number of rotatable bonds is 7. The highest BCUT2D eigenvalue weighted by Crippen LogP contribution is 2.34. The Morgan fingerprint density at radius 2 is 1.84 bits per heavy atom. The Morgan fingerprint density at radius 1 is 1.10 bits per heavy atom. The van der Waals surface area contributed by atoms with E-state index in [1.807, 2.05) is 67.6 Å². The van der Waals surface area contributed by atoms with Gasteiger partial charge in [0.1, 0.15) is 17.9 Å². The number of oxazole rings is 1. The topological polar surface area (TPSA) is 67.5 Å². The van der Waals surface area contributed by atoms with Crippen LogP contribution < -0.4 is 10.1 Å². The lowest BCUT2D eigenvalue weighted by molar-refractivity contribution is 0.0791. The zero-order valence-electron chi connectivity index (χ0n) is 17.8. The lowest BCUT2D eigenvalue weighted by Crippen LogP contribution is -2.15. The maximum atomic E-state index is 10.5. The van der Waals surface area contributed by atoms with Crippen molar-refractivity contribution in [3.05, 3.63) is 76.3 Å². The number of aliphatic hydroxyl groups is 1. The number of benzene rings is 3. The smallest absolute Gasteiger partial charge is 0.227 e. The number of aromatic nitrogens is 1. The molecule has 0 fully saturated rings. The predicted octanol–water partition coefficient (Wildman–Crippen LogP) is 6.28. The number of nitrogens with one attached hydrogen (secondary N) is 1. The molecule has 1 aromatic heterocycles. The number of hydrogen-bond acceptors (Lipinski definition) is 5. The van der Waals surface area contributed by atoms with Crippen molar-refractivity contribution in [2.45, 2.75) is 26.4 Å². The van der Waals surface area contributed by atoms with Crippen molar-refractivity contribution in [3.8, 4) is 17.2 Å². The summed E-state index contributed by atoms with van der Waals surface area (Å²) < 4.78 is 12.7. The van der Waals surface area contributed by atoms with Crippen LogP contribution in [-0.4, -0.2) is 23.2 Å². The van der Waals surface area contributed by atoms with Gasteiger partial charge in [-0.2, -0.15) is 0 Å². The Bertz CT molecular complexity index is 1190. The van der Waals surface area contributed by atoms with E-state index < -0.39 is 5.60 Å². The van der Waals surface area contributed by atoms with Crippen molar-refractivity contribution < 1.29 is 14.3 Å². The number of fused-ring (bicyclic) bond motifs is 1. The Hall–Kier alpha value is -2.83. The fraction of sp³-hybridized carbons (Fsp3) is 0.240. The van der Waals surface area contributed by atoms with Gasteiger partial charge in [-0.15, -0.1) is 0 Å². The van der Waals surface area contributed by atoms with Gasteiger partial charge >= 0.3 is 0 Å². The number of halogens is 1. The van der Waals surface area contributed by atoms with Crippen LogP contribution in [0.5, 0.6) is 5.75 Å². The van der Waals surface area contributed by atoms with Crippen molar-refractivity contribution in [1.29, 1.82) is 0 Å². The Morgan fingerprint density at radius 3 is 2.55 bits per heavy atom. The van der Waals surface area contributed by atoms with Crippen molar-refractivity contribution in [2.75, 3.05) is 18.5 Å². The average molecular weight is 481 g/mol. The van der Waals surface area contributed by atoms with Crippen molar-refractivity contribution in [1.82, 2.24) is 4.98 Å². The first kappa shape index (κ1) is 21.4. The van der Waals surface area contributed by atoms with E-state index >= 15 is 0 Å². The molecule has 0 aliphatic rings. The lowest BCUT2D eigenvalue weighted by atomic mass is 9.98. The number of para-hydroxylation sites is 1. The van der Waals surface area contributed by atoms with Crippen LogP contribution in [0, 0.1) is 6.92 Å². The molecule has 0 bridgehead atoms. The second-order valence-corrected chi connectivity index (χ2v) is 8.91. The Labute approximate surface area is 190 Å². The van der Waals surface area contributed by atoms with E-state index in [-0.39, 0.29) is 0 Å². The molecule has 4 rings (SSSR count). The normalized spacial score (nSPS) is 11.6. The summed E-state index contributed by atoms with van der Waals surface area (Å²) in [5.74, 6) is 1.43. The molecule has 31 heavy (non-hydrogen) atoms. The fourth-order valence-electron chi connectivity index (χ4n) is 3.38. The van der Waals surface area contributed by atoms with Crippen LogP contribution in [0.2, 0.25) is 0 Å². The quantitative estimate of drug-likeness (QED) is 0.304. The van der Waals surface area contributed by atoms with Crippen LogP contribution in [0.3, 0.4) is 0 Å². The molecule has 3 aromatic carbocycles. The second kappa shape index (κ2) is 8.73. The van der Waals surface area contributed by atoms with E-state index in [2.05, 4.69) is 26.2 Å². The summed E-state index contributed by atoms with van der Waals surface area (Å²) >= 11 is 3.49. The number of aryl methyl sites for hydroxylation is 1. The summed E-state index contributed by atoms with van der Waals surface area (Å²) in [5, 5.41) is 13.9. The third kappa shape index (κ3) is 4.92. The molecule has 4 aromatic rings. The summed E-state index contributed by atoms with van der Waals surface area (Å²) in [7, 11) is 0. The van der Waals surface area contributed by atoms with Gasteiger partial charge in [-0.05, 0) is 68.8 Å². The molecule has 1 heterocycles. The molecule has 0 radical (unpaired) electrons. The van der Waals surface area contributed by atoms with Crippen LogP contribution in [0.1, 0.15) is 25.0 Å². The third-order valence-electron chi connectivity index (χ3n) is 5.03. The van der Waals surface area contributed by atoms with Gasteiger partial charge in [0.05, 0.1) is 5.60 Å². The minimum absolute atomic E-state index is 0.521. The minimum atomic E-state index is -1.03. The van der Waals surface area contributed by atoms with Crippen LogP contribution in [0.25, 0.3) is 22.6 Å². The molecule has 0 saturated carbocycles. The first-order valence-electron chi connectivity index (χ1n) is 10.2. The molecule has 5 nitrogen and oxygen atoms in total. The molecule has 160 valence electrons. The van der Waals surface area contributed by atoms with Crippen LogP contribution in [0.4, 0.5) is 5.69 Å². The second-order valence-electron chi connectivity index (χ2n) is 8.00. The van der Waals surface area contributed by atoms with E-state index in [0.29, 0.717) is 35.7 Å². The standard InChI is InChI=1S/C25H25BrN2O3/c1-16-6-4-5-7-22(16)30-13-12-27-19-10-8-17(9-11-19)24-28-21-15-18(26)14-20(23(21)31-24)25(2,3)29/h4-11,14-15,27,29H,12-13H2,1-3H3. The summed E-state index contributed by atoms with van der Waals surface area (Å²) in [6.45, 7) is 6.78. The average Bonchev–Trinajstić information content (AvgIpc) is 3.15. The van der Waals surface area contributed by atoms with Gasteiger partial charge in [0.25, 0.3) is 0 Å². The number of nitrogens with zero attached hydrogens (tertiary/aromatic N) is 1. The number of ether oxygens (including phenoxy) is 1. The highest BCUT2D eigenvalue weighted by atomic mass is 79.9. The molecule has 0 unspecified atom stereocenters. The summed E-state index contributed by atoms with van der Waals surface area (Å²) in [4.78, 5) is 4.62. The molecule has 0 aliphatic heterocycles. The zero-order chi connectivity index (χ0) is 22.0. The van der Waals surface area contributed by atoms with E-state index in [0.717, 1.165) is 27.0 Å². The molecule has 0 saturated heterocycles. The van der Waals surface area contributed by atoms with Gasteiger partial charge in [0.2, 0.25) is 5.89 Å². The Kier molecular flexibility index (Phi) is 6.03. The molecule has 0 amide bonds. The van der Waals surface area contributed by atoms with Gasteiger partial charge in [-0.1, -0.05) is 34.1 Å². The SMILES string of the molecule is Cc1ccccc1OCCNc1ccc(-c2nc3cc(Br)cc(C(C)(C)O)c3o2)cc1. The fourth-order valence-corrected chi connectivity index (χ4v) is 3.83. The van der Waals surface area contributed by atoms with Gasteiger partial charge in [0.15, 0.2) is 5.58 Å². The van der Waals surface area contributed by atoms with Crippen LogP contribution in [-0.2, 0) is 5.60 Å². The number of hydrogen-bond donors (Lipinski definition) is 2. The maximum absolute atomic E-state index is 10.5. The van der Waals surface area contributed by atoms with E-state index in [1.54, 1.807) is 13.8 Å². The number of anilines is 1.